The van der Waals surface area contributed by atoms with Crippen LogP contribution in [-0.2, 0) is 16.1 Å². The first-order valence-electron chi connectivity index (χ1n) is 7.40. The van der Waals surface area contributed by atoms with Crippen LogP contribution >= 0.6 is 12.4 Å². The van der Waals surface area contributed by atoms with Gasteiger partial charge in [-0.2, -0.15) is 5.10 Å². The lowest BCUT2D eigenvalue weighted by molar-refractivity contribution is -0.120. The summed E-state index contributed by atoms with van der Waals surface area (Å²) in [5.41, 5.74) is 12.1. The van der Waals surface area contributed by atoms with Gasteiger partial charge in [-0.1, -0.05) is 37.3 Å². The molecule has 2 atom stereocenters. The van der Waals surface area contributed by atoms with Gasteiger partial charge in [0, 0.05) is 31.3 Å². The molecule has 0 saturated carbocycles. The van der Waals surface area contributed by atoms with Crippen molar-refractivity contribution in [2.45, 2.75) is 25.9 Å². The van der Waals surface area contributed by atoms with Crippen molar-refractivity contribution in [2.75, 3.05) is 5.32 Å². The molecule has 5 N–H and O–H groups in total. The minimum Gasteiger partial charge on any atom is -0.370 e. The van der Waals surface area contributed by atoms with Crippen molar-refractivity contribution < 1.29 is 9.59 Å². The van der Waals surface area contributed by atoms with Crippen LogP contribution in [0.4, 0.5) is 5.82 Å². The quantitative estimate of drug-likeness (QED) is 0.700. The van der Waals surface area contributed by atoms with E-state index in [1.807, 2.05) is 30.3 Å². The molecule has 7 nitrogen and oxygen atoms in total. The Balaban J connectivity index is 0.00000288. The molecule has 8 heteroatoms. The third-order valence-electron chi connectivity index (χ3n) is 3.62. The van der Waals surface area contributed by atoms with Gasteiger partial charge in [0.25, 0.3) is 0 Å². The van der Waals surface area contributed by atoms with Crippen molar-refractivity contribution in [3.05, 3.63) is 48.2 Å². The molecule has 24 heavy (non-hydrogen) atoms. The zero-order chi connectivity index (χ0) is 16.8. The van der Waals surface area contributed by atoms with Crippen LogP contribution in [0.3, 0.4) is 0 Å². The molecule has 2 rings (SSSR count). The fourth-order valence-electron chi connectivity index (χ4n) is 2.14. The molecule has 0 aliphatic carbocycles. The standard InChI is InChI=1S/C16H21N5O2.ClH/c1-11(15(18)12-5-3-2-4-6-12)16(23)19-14-8-10-21(20-14)9-7-13(17)22;/h2-6,8,10-11,15H,7,9,18H2,1H3,(H2,17,22)(H,19,20,23);1H. The summed E-state index contributed by atoms with van der Waals surface area (Å²) >= 11 is 0. The van der Waals surface area contributed by atoms with Crippen LogP contribution in [0.5, 0.6) is 0 Å². The number of anilines is 1. The fourth-order valence-corrected chi connectivity index (χ4v) is 2.14. The van der Waals surface area contributed by atoms with E-state index >= 15 is 0 Å². The molecule has 0 radical (unpaired) electrons. The summed E-state index contributed by atoms with van der Waals surface area (Å²) in [4.78, 5) is 23.0. The maximum atomic E-state index is 12.3. The van der Waals surface area contributed by atoms with E-state index in [0.717, 1.165) is 5.56 Å². The molecular weight excluding hydrogens is 330 g/mol. The van der Waals surface area contributed by atoms with Crippen LogP contribution in [0.15, 0.2) is 42.6 Å². The summed E-state index contributed by atoms with van der Waals surface area (Å²) in [7, 11) is 0. The highest BCUT2D eigenvalue weighted by atomic mass is 35.5. The second-order valence-corrected chi connectivity index (χ2v) is 5.39. The molecule has 1 aromatic heterocycles. The number of rotatable bonds is 7. The van der Waals surface area contributed by atoms with Gasteiger partial charge in [0.2, 0.25) is 11.8 Å². The van der Waals surface area contributed by atoms with E-state index in [0.29, 0.717) is 12.4 Å². The number of halogens is 1. The number of nitrogens with zero attached hydrogens (tertiary/aromatic N) is 2. The van der Waals surface area contributed by atoms with Gasteiger partial charge in [-0.3, -0.25) is 14.3 Å². The maximum absolute atomic E-state index is 12.3. The second kappa shape index (κ2) is 9.05. The number of nitrogens with two attached hydrogens (primary N) is 2. The number of amides is 2. The molecule has 2 aromatic rings. The number of primary amides is 1. The summed E-state index contributed by atoms with van der Waals surface area (Å²) in [5, 5.41) is 6.91. The van der Waals surface area contributed by atoms with Crippen LogP contribution < -0.4 is 16.8 Å². The number of aryl methyl sites for hydroxylation is 1. The Morgan fingerprint density at radius 2 is 1.92 bits per heavy atom. The first kappa shape index (κ1) is 19.7. The molecule has 0 fully saturated rings. The van der Waals surface area contributed by atoms with Crippen molar-refractivity contribution in [3.63, 3.8) is 0 Å². The molecule has 0 spiro atoms. The number of carbonyl (C=O) groups excluding carboxylic acids is 2. The lowest BCUT2D eigenvalue weighted by Gasteiger charge is -2.19. The van der Waals surface area contributed by atoms with E-state index in [1.165, 1.54) is 0 Å². The number of benzene rings is 1. The van der Waals surface area contributed by atoms with E-state index in [-0.39, 0.29) is 24.7 Å². The van der Waals surface area contributed by atoms with Gasteiger partial charge in [-0.05, 0) is 5.56 Å². The van der Waals surface area contributed by atoms with E-state index in [1.54, 1.807) is 23.9 Å². The molecule has 2 unspecified atom stereocenters. The van der Waals surface area contributed by atoms with Gasteiger partial charge >= 0.3 is 0 Å². The van der Waals surface area contributed by atoms with Crippen LogP contribution in [0, 0.1) is 5.92 Å². The summed E-state index contributed by atoms with van der Waals surface area (Å²) in [6.07, 6.45) is 1.88. The SMILES string of the molecule is CC(C(=O)Nc1ccn(CCC(N)=O)n1)C(N)c1ccccc1.Cl. The first-order chi connectivity index (χ1) is 11.0. The Morgan fingerprint density at radius 1 is 1.25 bits per heavy atom. The lowest BCUT2D eigenvalue weighted by atomic mass is 9.95. The van der Waals surface area contributed by atoms with Gasteiger partial charge in [-0.15, -0.1) is 12.4 Å². The molecule has 1 aromatic carbocycles. The number of carbonyl (C=O) groups is 2. The highest BCUT2D eigenvalue weighted by Crippen LogP contribution is 2.20. The van der Waals surface area contributed by atoms with Gasteiger partial charge in [-0.25, -0.2) is 0 Å². The smallest absolute Gasteiger partial charge is 0.230 e. The maximum Gasteiger partial charge on any atom is 0.230 e. The normalized spacial score (nSPS) is 12.8. The first-order valence-corrected chi connectivity index (χ1v) is 7.40. The molecule has 1 heterocycles. The largest absolute Gasteiger partial charge is 0.370 e. The Kier molecular flexibility index (Phi) is 7.41. The minimum absolute atomic E-state index is 0. The van der Waals surface area contributed by atoms with E-state index in [9.17, 15) is 9.59 Å². The minimum atomic E-state index is -0.409. The van der Waals surface area contributed by atoms with Crippen molar-refractivity contribution in [3.8, 4) is 0 Å². The van der Waals surface area contributed by atoms with E-state index in [4.69, 9.17) is 11.5 Å². The molecule has 0 aliphatic rings. The predicted octanol–water partition coefficient (Wildman–Crippen LogP) is 1.45. The van der Waals surface area contributed by atoms with Crippen LogP contribution in [0.1, 0.15) is 24.9 Å². The molecule has 0 bridgehead atoms. The molecule has 130 valence electrons. The number of hydrogen-bond donors (Lipinski definition) is 3. The van der Waals surface area contributed by atoms with Gasteiger partial charge in [0.15, 0.2) is 5.82 Å². The van der Waals surface area contributed by atoms with Gasteiger partial charge < -0.3 is 16.8 Å². The van der Waals surface area contributed by atoms with Gasteiger partial charge in [0.1, 0.15) is 0 Å². The zero-order valence-electron chi connectivity index (χ0n) is 13.4. The molecule has 2 amide bonds. The lowest BCUT2D eigenvalue weighted by Crippen LogP contribution is -2.30. The van der Waals surface area contributed by atoms with E-state index in [2.05, 4.69) is 10.4 Å². The van der Waals surface area contributed by atoms with Crippen LogP contribution in [0.2, 0.25) is 0 Å². The summed E-state index contributed by atoms with van der Waals surface area (Å²) in [6, 6.07) is 10.7. The molecular formula is C16H22ClN5O2. The second-order valence-electron chi connectivity index (χ2n) is 5.39. The predicted molar refractivity (Wildman–Crippen MR) is 94.5 cm³/mol. The Morgan fingerprint density at radius 3 is 2.54 bits per heavy atom. The van der Waals surface area contributed by atoms with Crippen molar-refractivity contribution in [2.24, 2.45) is 17.4 Å². The Hall–Kier alpha value is -2.38. The number of aromatic nitrogens is 2. The Bertz CT molecular complexity index is 674. The topological polar surface area (TPSA) is 116 Å². The van der Waals surface area contributed by atoms with Crippen molar-refractivity contribution >= 4 is 30.0 Å². The zero-order valence-corrected chi connectivity index (χ0v) is 14.2. The highest BCUT2D eigenvalue weighted by Gasteiger charge is 2.22. The fraction of sp³-hybridized carbons (Fsp3) is 0.312. The average molecular weight is 352 g/mol. The summed E-state index contributed by atoms with van der Waals surface area (Å²) in [6.45, 7) is 2.15. The molecule has 0 saturated heterocycles. The van der Waals surface area contributed by atoms with Crippen molar-refractivity contribution in [1.29, 1.82) is 0 Å². The van der Waals surface area contributed by atoms with E-state index < -0.39 is 17.9 Å². The van der Waals surface area contributed by atoms with Gasteiger partial charge in [0.05, 0.1) is 5.92 Å². The van der Waals surface area contributed by atoms with Crippen molar-refractivity contribution in [1.82, 2.24) is 9.78 Å². The summed E-state index contributed by atoms with van der Waals surface area (Å²) in [5.74, 6) is -0.588. The average Bonchev–Trinajstić information content (AvgIpc) is 2.99. The molecule has 0 aliphatic heterocycles. The summed E-state index contributed by atoms with van der Waals surface area (Å²) < 4.78 is 1.56. The number of hydrogen-bond acceptors (Lipinski definition) is 4. The Labute approximate surface area is 146 Å². The van der Waals surface area contributed by atoms with Crippen LogP contribution in [-0.4, -0.2) is 21.6 Å². The number of nitrogens with one attached hydrogen (secondary N) is 1. The third-order valence-corrected chi connectivity index (χ3v) is 3.62. The monoisotopic (exact) mass is 351 g/mol. The highest BCUT2D eigenvalue weighted by molar-refractivity contribution is 5.92. The van der Waals surface area contributed by atoms with Crippen LogP contribution in [0.25, 0.3) is 0 Å². The third kappa shape index (κ3) is 5.36.